The van der Waals surface area contributed by atoms with Crippen molar-refractivity contribution in [2.75, 3.05) is 38.7 Å². The third-order valence-corrected chi connectivity index (χ3v) is 9.12. The van der Waals surface area contributed by atoms with Gasteiger partial charge in [0.05, 0.1) is 23.5 Å². The zero-order chi connectivity index (χ0) is 26.4. The SMILES string of the molecule is COC1CC2CCC(C1)N2C(=O)c1ccc2c(c1)N(C)CCN(CC(O)[C@@H]1Cc3ccccc3CN1)C2=O.Cl. The van der Waals surface area contributed by atoms with Crippen LogP contribution in [0.4, 0.5) is 5.69 Å². The maximum Gasteiger partial charge on any atom is 0.256 e. The molecule has 9 heteroatoms. The second-order valence-corrected chi connectivity index (χ2v) is 11.4. The van der Waals surface area contributed by atoms with Crippen molar-refractivity contribution in [1.29, 1.82) is 0 Å². The standard InChI is InChI=1S/C30H38N4O4.ClH/c1-32-11-12-33(18-28(35)26-13-19-5-3-4-6-21(19)17-31-26)30(37)25-10-7-20(14-27(25)32)29(36)34-22-8-9-23(34)16-24(15-22)38-2;/h3-7,10,14,22-24,26,28,31,35H,8-9,11-13,15-18H2,1-2H3;1H/t22?,23?,24?,26-,28?;/m0./s1. The Morgan fingerprint density at radius 3 is 2.54 bits per heavy atom. The van der Waals surface area contributed by atoms with Crippen molar-refractivity contribution in [2.45, 2.75) is 69.0 Å². The summed E-state index contributed by atoms with van der Waals surface area (Å²) >= 11 is 0. The molecule has 4 aliphatic heterocycles. The first-order valence-corrected chi connectivity index (χ1v) is 13.9. The molecular formula is C30H39ClN4O4. The number of aliphatic hydroxyl groups is 1. The van der Waals surface area contributed by atoms with Gasteiger partial charge >= 0.3 is 0 Å². The molecule has 2 fully saturated rings. The van der Waals surface area contributed by atoms with Crippen molar-refractivity contribution in [1.82, 2.24) is 15.1 Å². The molecule has 0 radical (unpaired) electrons. The van der Waals surface area contributed by atoms with Gasteiger partial charge in [-0.3, -0.25) is 9.59 Å². The number of nitrogens with one attached hydrogen (secondary N) is 1. The number of amides is 2. The Kier molecular flexibility index (Phi) is 8.19. The Morgan fingerprint density at radius 2 is 1.82 bits per heavy atom. The lowest BCUT2D eigenvalue weighted by atomic mass is 9.92. The normalized spacial score (nSPS) is 26.8. The quantitative estimate of drug-likeness (QED) is 0.591. The lowest BCUT2D eigenvalue weighted by Gasteiger charge is -2.38. The van der Waals surface area contributed by atoms with Crippen LogP contribution in [0.25, 0.3) is 0 Å². The van der Waals surface area contributed by atoms with Gasteiger partial charge in [0, 0.05) is 64.0 Å². The Balaban J connectivity index is 0.00000308. The van der Waals surface area contributed by atoms with Gasteiger partial charge in [0.25, 0.3) is 11.8 Å². The summed E-state index contributed by atoms with van der Waals surface area (Å²) in [4.78, 5) is 33.1. The summed E-state index contributed by atoms with van der Waals surface area (Å²) in [6, 6.07) is 14.1. The number of rotatable bonds is 5. The predicted octanol–water partition coefficient (Wildman–Crippen LogP) is 2.86. The molecule has 3 unspecified atom stereocenters. The van der Waals surface area contributed by atoms with Crippen LogP contribution in [-0.4, -0.2) is 90.8 Å². The minimum atomic E-state index is -0.675. The topological polar surface area (TPSA) is 85.3 Å². The van der Waals surface area contributed by atoms with E-state index in [1.54, 1.807) is 24.1 Å². The zero-order valence-corrected chi connectivity index (χ0v) is 23.5. The molecule has 2 amide bonds. The molecule has 2 saturated heterocycles. The fraction of sp³-hybridized carbons (Fsp3) is 0.533. The molecule has 39 heavy (non-hydrogen) atoms. The van der Waals surface area contributed by atoms with Gasteiger partial charge in [-0.05, 0) is 61.4 Å². The number of halogens is 1. The number of ether oxygens (including phenoxy) is 1. The maximum atomic E-state index is 13.6. The highest BCUT2D eigenvalue weighted by Gasteiger charge is 2.43. The van der Waals surface area contributed by atoms with Gasteiger partial charge in [0.15, 0.2) is 0 Å². The molecular weight excluding hydrogens is 516 g/mol. The number of fused-ring (bicyclic) bond motifs is 4. The van der Waals surface area contributed by atoms with Crippen molar-refractivity contribution in [3.8, 4) is 0 Å². The van der Waals surface area contributed by atoms with Crippen LogP contribution >= 0.6 is 12.4 Å². The summed E-state index contributed by atoms with van der Waals surface area (Å²) < 4.78 is 5.60. The first kappa shape index (κ1) is 27.9. The van der Waals surface area contributed by atoms with Gasteiger partial charge in [0.2, 0.25) is 0 Å². The summed E-state index contributed by atoms with van der Waals surface area (Å²) in [7, 11) is 3.72. The van der Waals surface area contributed by atoms with E-state index >= 15 is 0 Å². The lowest BCUT2D eigenvalue weighted by molar-refractivity contribution is 0.00821. The molecule has 8 nitrogen and oxygen atoms in total. The Labute approximate surface area is 236 Å². The van der Waals surface area contributed by atoms with Gasteiger partial charge in [-0.25, -0.2) is 0 Å². The maximum absolute atomic E-state index is 13.6. The van der Waals surface area contributed by atoms with Gasteiger partial charge < -0.3 is 29.9 Å². The van der Waals surface area contributed by atoms with Crippen LogP contribution in [0.1, 0.15) is 57.5 Å². The summed E-state index contributed by atoms with van der Waals surface area (Å²) in [5.74, 6) is -0.0459. The number of carbonyl (C=O) groups is 2. The molecule has 6 rings (SSSR count). The lowest BCUT2D eigenvalue weighted by Crippen LogP contribution is -2.50. The number of methoxy groups -OCH3 is 1. The van der Waals surface area contributed by atoms with Crippen LogP contribution < -0.4 is 10.2 Å². The molecule has 0 aliphatic carbocycles. The van der Waals surface area contributed by atoms with Crippen LogP contribution in [0.2, 0.25) is 0 Å². The molecule has 0 spiro atoms. The Hall–Kier alpha value is -2.65. The molecule has 4 heterocycles. The minimum Gasteiger partial charge on any atom is -0.390 e. The first-order chi connectivity index (χ1) is 18.4. The number of benzene rings is 2. The van der Waals surface area contributed by atoms with E-state index in [-0.39, 0.29) is 55.0 Å². The molecule has 0 saturated carbocycles. The van der Waals surface area contributed by atoms with Crippen molar-refractivity contribution < 1.29 is 19.4 Å². The van der Waals surface area contributed by atoms with Crippen LogP contribution in [0.15, 0.2) is 42.5 Å². The number of anilines is 1. The number of hydrogen-bond donors (Lipinski definition) is 2. The zero-order valence-electron chi connectivity index (χ0n) is 22.7. The smallest absolute Gasteiger partial charge is 0.256 e. The molecule has 0 aromatic heterocycles. The Bertz CT molecular complexity index is 1210. The average molecular weight is 555 g/mol. The molecule has 2 N–H and O–H groups in total. The molecule has 2 aromatic rings. The predicted molar refractivity (Wildman–Crippen MR) is 153 cm³/mol. The van der Waals surface area contributed by atoms with E-state index in [2.05, 4.69) is 27.2 Å². The third-order valence-electron chi connectivity index (χ3n) is 9.12. The number of β-amino-alcohol motifs (C(OH)–C–C–N with tert-alkyl or cyclic N) is 1. The second-order valence-electron chi connectivity index (χ2n) is 11.4. The molecule has 2 bridgehead atoms. The molecule has 4 atom stereocenters. The van der Waals surface area contributed by atoms with Crippen molar-refractivity contribution >= 4 is 29.9 Å². The summed E-state index contributed by atoms with van der Waals surface area (Å²) in [5, 5.41) is 14.5. The van der Waals surface area contributed by atoms with E-state index in [1.165, 1.54) is 11.1 Å². The Morgan fingerprint density at radius 1 is 1.10 bits per heavy atom. The van der Waals surface area contributed by atoms with E-state index in [1.807, 2.05) is 25.2 Å². The highest BCUT2D eigenvalue weighted by molar-refractivity contribution is 6.03. The van der Waals surface area contributed by atoms with Crippen LogP contribution in [0, 0.1) is 0 Å². The van der Waals surface area contributed by atoms with Gasteiger partial charge in [-0.15, -0.1) is 12.4 Å². The molecule has 210 valence electrons. The summed E-state index contributed by atoms with van der Waals surface area (Å²) in [6.45, 7) is 2.14. The summed E-state index contributed by atoms with van der Waals surface area (Å²) in [5.41, 5.74) is 4.51. The number of piperidine rings is 1. The highest BCUT2D eigenvalue weighted by atomic mass is 35.5. The number of carbonyl (C=O) groups excluding carboxylic acids is 2. The fourth-order valence-corrected chi connectivity index (χ4v) is 6.90. The van der Waals surface area contributed by atoms with Crippen molar-refractivity contribution in [3.63, 3.8) is 0 Å². The van der Waals surface area contributed by atoms with E-state index < -0.39 is 6.10 Å². The number of hydrogen-bond acceptors (Lipinski definition) is 6. The van der Waals surface area contributed by atoms with E-state index in [9.17, 15) is 14.7 Å². The molecule has 2 aromatic carbocycles. The van der Waals surface area contributed by atoms with Gasteiger partial charge in [0.1, 0.15) is 0 Å². The van der Waals surface area contributed by atoms with E-state index in [0.29, 0.717) is 24.2 Å². The number of nitrogens with zero attached hydrogens (tertiary/aromatic N) is 3. The first-order valence-electron chi connectivity index (χ1n) is 13.9. The van der Waals surface area contributed by atoms with Gasteiger partial charge in [-0.1, -0.05) is 24.3 Å². The monoisotopic (exact) mass is 554 g/mol. The van der Waals surface area contributed by atoms with E-state index in [0.717, 1.165) is 44.3 Å². The van der Waals surface area contributed by atoms with Crippen LogP contribution in [0.3, 0.4) is 0 Å². The van der Waals surface area contributed by atoms with Crippen LogP contribution in [0.5, 0.6) is 0 Å². The largest absolute Gasteiger partial charge is 0.390 e. The number of aliphatic hydroxyl groups excluding tert-OH is 1. The van der Waals surface area contributed by atoms with Gasteiger partial charge in [-0.2, -0.15) is 0 Å². The van der Waals surface area contributed by atoms with Crippen LogP contribution in [-0.2, 0) is 17.7 Å². The summed E-state index contributed by atoms with van der Waals surface area (Å²) in [6.07, 6.45) is 4.13. The fourth-order valence-electron chi connectivity index (χ4n) is 6.90. The molecule has 4 aliphatic rings. The van der Waals surface area contributed by atoms with Crippen molar-refractivity contribution in [2.24, 2.45) is 0 Å². The second kappa shape index (κ2) is 11.5. The number of likely N-dealkylation sites (N-methyl/N-ethyl adjacent to an activating group) is 1. The highest BCUT2D eigenvalue weighted by Crippen LogP contribution is 2.38. The average Bonchev–Trinajstić information content (AvgIpc) is 3.15. The minimum absolute atomic E-state index is 0. The van der Waals surface area contributed by atoms with E-state index in [4.69, 9.17) is 4.74 Å². The third kappa shape index (κ3) is 5.27. The van der Waals surface area contributed by atoms with Crippen molar-refractivity contribution in [3.05, 3.63) is 64.7 Å².